The van der Waals surface area contributed by atoms with E-state index in [1.807, 2.05) is 16.8 Å². The molecule has 0 saturated heterocycles. The number of benzene rings is 1. The van der Waals surface area contributed by atoms with Gasteiger partial charge in [-0.3, -0.25) is 0 Å². The topological polar surface area (TPSA) is 29.9 Å². The SMILES string of the molecule is CCCNCc1cccc(Cl)c1-n1nc(C)c(CC)c1C. The molecule has 4 heteroatoms. The van der Waals surface area contributed by atoms with Crippen LogP contribution in [0.4, 0.5) is 0 Å². The zero-order valence-corrected chi connectivity index (χ0v) is 14.1. The van der Waals surface area contributed by atoms with Crippen LogP contribution < -0.4 is 5.32 Å². The van der Waals surface area contributed by atoms with Gasteiger partial charge in [0.05, 0.1) is 16.4 Å². The van der Waals surface area contributed by atoms with Crippen molar-refractivity contribution in [1.29, 1.82) is 0 Å². The summed E-state index contributed by atoms with van der Waals surface area (Å²) < 4.78 is 2.00. The van der Waals surface area contributed by atoms with Gasteiger partial charge in [-0.05, 0) is 50.4 Å². The second kappa shape index (κ2) is 7.10. The molecule has 114 valence electrons. The van der Waals surface area contributed by atoms with E-state index in [1.165, 1.54) is 16.8 Å². The number of para-hydroxylation sites is 1. The Bertz CT molecular complexity index is 617. The van der Waals surface area contributed by atoms with Gasteiger partial charge in [-0.2, -0.15) is 5.10 Å². The number of aryl methyl sites for hydroxylation is 1. The normalized spacial score (nSPS) is 11.1. The van der Waals surface area contributed by atoms with Gasteiger partial charge in [0.1, 0.15) is 0 Å². The lowest BCUT2D eigenvalue weighted by Crippen LogP contribution is -2.16. The van der Waals surface area contributed by atoms with Crippen molar-refractivity contribution in [3.8, 4) is 5.69 Å². The molecule has 0 amide bonds. The summed E-state index contributed by atoms with van der Waals surface area (Å²) in [6, 6.07) is 6.05. The van der Waals surface area contributed by atoms with Crippen molar-refractivity contribution in [2.75, 3.05) is 6.54 Å². The van der Waals surface area contributed by atoms with Crippen LogP contribution in [0.15, 0.2) is 18.2 Å². The lowest BCUT2D eigenvalue weighted by Gasteiger charge is -2.14. The monoisotopic (exact) mass is 305 g/mol. The summed E-state index contributed by atoms with van der Waals surface area (Å²) in [6.07, 6.45) is 2.11. The van der Waals surface area contributed by atoms with E-state index in [9.17, 15) is 0 Å². The second-order valence-corrected chi connectivity index (χ2v) is 5.75. The van der Waals surface area contributed by atoms with Crippen LogP contribution in [0.5, 0.6) is 0 Å². The third-order valence-corrected chi connectivity index (χ3v) is 4.12. The Labute approximate surface area is 132 Å². The van der Waals surface area contributed by atoms with E-state index in [0.717, 1.165) is 42.3 Å². The zero-order chi connectivity index (χ0) is 15.4. The van der Waals surface area contributed by atoms with Gasteiger partial charge in [-0.25, -0.2) is 4.68 Å². The molecular formula is C17H24ClN3. The first kappa shape index (κ1) is 16.1. The summed E-state index contributed by atoms with van der Waals surface area (Å²) in [5.41, 5.74) is 5.76. The number of hydrogen-bond donors (Lipinski definition) is 1. The van der Waals surface area contributed by atoms with Crippen LogP contribution in [0.25, 0.3) is 5.69 Å². The molecule has 0 radical (unpaired) electrons. The van der Waals surface area contributed by atoms with E-state index in [1.54, 1.807) is 0 Å². The number of nitrogens with zero attached hydrogens (tertiary/aromatic N) is 2. The van der Waals surface area contributed by atoms with Crippen molar-refractivity contribution < 1.29 is 0 Å². The highest BCUT2D eigenvalue weighted by Gasteiger charge is 2.16. The summed E-state index contributed by atoms with van der Waals surface area (Å²) in [6.45, 7) is 10.3. The second-order valence-electron chi connectivity index (χ2n) is 5.34. The molecule has 0 saturated carbocycles. The number of nitrogens with one attached hydrogen (secondary N) is 1. The highest BCUT2D eigenvalue weighted by atomic mass is 35.5. The summed E-state index contributed by atoms with van der Waals surface area (Å²) >= 11 is 6.46. The van der Waals surface area contributed by atoms with Crippen LogP contribution in [0, 0.1) is 13.8 Å². The molecule has 1 heterocycles. The fourth-order valence-corrected chi connectivity index (χ4v) is 3.02. The van der Waals surface area contributed by atoms with E-state index in [-0.39, 0.29) is 0 Å². The smallest absolute Gasteiger partial charge is 0.0879 e. The minimum absolute atomic E-state index is 0.749. The van der Waals surface area contributed by atoms with Gasteiger partial charge in [-0.1, -0.05) is 37.6 Å². The minimum atomic E-state index is 0.749. The molecular weight excluding hydrogens is 282 g/mol. The average Bonchev–Trinajstić information content (AvgIpc) is 2.74. The Morgan fingerprint density at radius 3 is 2.62 bits per heavy atom. The van der Waals surface area contributed by atoms with E-state index >= 15 is 0 Å². The molecule has 1 aromatic carbocycles. The van der Waals surface area contributed by atoms with Crippen LogP contribution >= 0.6 is 11.6 Å². The van der Waals surface area contributed by atoms with Crippen molar-refractivity contribution >= 4 is 11.6 Å². The lowest BCUT2D eigenvalue weighted by atomic mass is 10.1. The Hall–Kier alpha value is -1.32. The number of hydrogen-bond acceptors (Lipinski definition) is 2. The van der Waals surface area contributed by atoms with Crippen LogP contribution in [-0.4, -0.2) is 16.3 Å². The van der Waals surface area contributed by atoms with Crippen LogP contribution in [-0.2, 0) is 13.0 Å². The molecule has 0 aliphatic heterocycles. The van der Waals surface area contributed by atoms with E-state index in [4.69, 9.17) is 16.7 Å². The average molecular weight is 306 g/mol. The van der Waals surface area contributed by atoms with Crippen molar-refractivity contribution in [2.45, 2.75) is 47.1 Å². The zero-order valence-electron chi connectivity index (χ0n) is 13.3. The van der Waals surface area contributed by atoms with E-state index in [2.05, 4.69) is 39.1 Å². The Balaban J connectivity index is 2.47. The quantitative estimate of drug-likeness (QED) is 0.810. The third-order valence-electron chi connectivity index (χ3n) is 3.82. The first-order valence-corrected chi connectivity index (χ1v) is 8.01. The molecule has 1 aromatic heterocycles. The molecule has 0 atom stereocenters. The van der Waals surface area contributed by atoms with Crippen LogP contribution in [0.1, 0.15) is 42.8 Å². The van der Waals surface area contributed by atoms with Gasteiger partial charge in [0.2, 0.25) is 0 Å². The van der Waals surface area contributed by atoms with Crippen LogP contribution in [0.2, 0.25) is 5.02 Å². The van der Waals surface area contributed by atoms with Gasteiger partial charge in [-0.15, -0.1) is 0 Å². The largest absolute Gasteiger partial charge is 0.313 e. The summed E-state index contributed by atoms with van der Waals surface area (Å²) in [7, 11) is 0. The molecule has 0 bridgehead atoms. The fraction of sp³-hybridized carbons (Fsp3) is 0.471. The van der Waals surface area contributed by atoms with E-state index in [0.29, 0.717) is 0 Å². The molecule has 0 fully saturated rings. The van der Waals surface area contributed by atoms with Crippen molar-refractivity contribution in [3.05, 3.63) is 45.7 Å². The summed E-state index contributed by atoms with van der Waals surface area (Å²) in [5.74, 6) is 0. The lowest BCUT2D eigenvalue weighted by molar-refractivity contribution is 0.669. The number of rotatable bonds is 6. The van der Waals surface area contributed by atoms with Gasteiger partial charge in [0, 0.05) is 12.2 Å². The maximum Gasteiger partial charge on any atom is 0.0879 e. The highest BCUT2D eigenvalue weighted by Crippen LogP contribution is 2.27. The van der Waals surface area contributed by atoms with Gasteiger partial charge in [0.25, 0.3) is 0 Å². The first-order valence-electron chi connectivity index (χ1n) is 7.63. The molecule has 0 unspecified atom stereocenters. The minimum Gasteiger partial charge on any atom is -0.313 e. The number of aromatic nitrogens is 2. The Morgan fingerprint density at radius 1 is 1.24 bits per heavy atom. The number of halogens is 1. The molecule has 0 spiro atoms. The standard InChI is InChI=1S/C17H24ClN3/c1-5-10-19-11-14-8-7-9-16(18)17(14)21-13(4)15(6-2)12(3)20-21/h7-9,19H,5-6,10-11H2,1-4H3. The predicted molar refractivity (Wildman–Crippen MR) is 89.4 cm³/mol. The van der Waals surface area contributed by atoms with Gasteiger partial charge >= 0.3 is 0 Å². The summed E-state index contributed by atoms with van der Waals surface area (Å²) in [4.78, 5) is 0. The predicted octanol–water partition coefficient (Wildman–Crippen LogP) is 4.20. The molecule has 0 aliphatic carbocycles. The van der Waals surface area contributed by atoms with Gasteiger partial charge in [0.15, 0.2) is 0 Å². The molecule has 2 aromatic rings. The van der Waals surface area contributed by atoms with Gasteiger partial charge < -0.3 is 5.32 Å². The summed E-state index contributed by atoms with van der Waals surface area (Å²) in [5, 5.41) is 8.90. The Kier molecular flexibility index (Phi) is 5.43. The molecule has 21 heavy (non-hydrogen) atoms. The molecule has 3 nitrogen and oxygen atoms in total. The highest BCUT2D eigenvalue weighted by molar-refractivity contribution is 6.32. The van der Waals surface area contributed by atoms with Crippen molar-refractivity contribution in [3.63, 3.8) is 0 Å². The van der Waals surface area contributed by atoms with E-state index < -0.39 is 0 Å². The molecule has 1 N–H and O–H groups in total. The first-order chi connectivity index (χ1) is 10.1. The maximum atomic E-state index is 6.46. The fourth-order valence-electron chi connectivity index (χ4n) is 2.74. The van der Waals surface area contributed by atoms with Crippen LogP contribution in [0.3, 0.4) is 0 Å². The third kappa shape index (κ3) is 3.30. The van der Waals surface area contributed by atoms with Crippen molar-refractivity contribution in [2.24, 2.45) is 0 Å². The van der Waals surface area contributed by atoms with Crippen molar-refractivity contribution in [1.82, 2.24) is 15.1 Å². The Morgan fingerprint density at radius 2 is 2.00 bits per heavy atom. The molecule has 0 aliphatic rings. The molecule has 2 rings (SSSR count). The maximum absolute atomic E-state index is 6.46.